The average molecular weight is 324 g/mol. The number of nitrogens with one attached hydrogen (secondary N) is 1. The normalized spacial score (nSPS) is 10.4. The van der Waals surface area contributed by atoms with Gasteiger partial charge in [0.25, 0.3) is 5.69 Å². The second-order valence-corrected chi connectivity index (χ2v) is 6.27. The van der Waals surface area contributed by atoms with E-state index in [0.29, 0.717) is 19.9 Å². The van der Waals surface area contributed by atoms with E-state index in [9.17, 15) is 14.9 Å². The molecule has 1 aromatic carbocycles. The van der Waals surface area contributed by atoms with E-state index in [1.54, 1.807) is 12.1 Å². The third-order valence-electron chi connectivity index (χ3n) is 2.49. The largest absolute Gasteiger partial charge is 0.360 e. The van der Waals surface area contributed by atoms with Crippen molar-refractivity contribution >= 4 is 39.7 Å². The molecule has 110 valence electrons. The number of benzene rings is 1. The summed E-state index contributed by atoms with van der Waals surface area (Å²) in [5.74, 6) is -0.208. The minimum atomic E-state index is -0.499. The Bertz CT molecular complexity index is 687. The third-order valence-corrected chi connectivity index (χ3v) is 4.49. The van der Waals surface area contributed by atoms with E-state index < -0.39 is 4.92 Å². The molecule has 21 heavy (non-hydrogen) atoms. The first-order valence-electron chi connectivity index (χ1n) is 6.06. The van der Waals surface area contributed by atoms with Gasteiger partial charge in [0.1, 0.15) is 0 Å². The van der Waals surface area contributed by atoms with Gasteiger partial charge in [0.2, 0.25) is 5.13 Å². The van der Waals surface area contributed by atoms with E-state index in [2.05, 4.69) is 15.5 Å². The Morgan fingerprint density at radius 1 is 1.48 bits per heavy atom. The molecule has 0 fully saturated rings. The summed E-state index contributed by atoms with van der Waals surface area (Å²) in [5.41, 5.74) is 0.213. The molecular formula is C12H12N4O3S2. The van der Waals surface area contributed by atoms with Crippen LogP contribution >= 0.6 is 23.1 Å². The number of aromatic nitrogens is 2. The number of anilines is 1. The lowest BCUT2D eigenvalue weighted by Crippen LogP contribution is -1.96. The third kappa shape index (κ3) is 3.76. The number of carbonyl (C=O) groups is 1. The predicted molar refractivity (Wildman–Crippen MR) is 81.3 cm³/mol. The van der Waals surface area contributed by atoms with Crippen LogP contribution in [0.3, 0.4) is 0 Å². The zero-order valence-corrected chi connectivity index (χ0v) is 13.0. The summed E-state index contributed by atoms with van der Waals surface area (Å²) < 4.78 is 0.602. The number of carbonyl (C=O) groups excluding carboxylic acids is 1. The van der Waals surface area contributed by atoms with E-state index in [0.717, 1.165) is 18.3 Å². The van der Waals surface area contributed by atoms with Crippen molar-refractivity contribution in [3.63, 3.8) is 0 Å². The number of ketones is 1. The van der Waals surface area contributed by atoms with Gasteiger partial charge in [-0.05, 0) is 37.7 Å². The summed E-state index contributed by atoms with van der Waals surface area (Å²) in [4.78, 5) is 22.4. The highest BCUT2D eigenvalue weighted by Crippen LogP contribution is 2.37. The molecule has 0 spiro atoms. The van der Waals surface area contributed by atoms with Gasteiger partial charge in [-0.25, -0.2) is 0 Å². The highest BCUT2D eigenvalue weighted by Gasteiger charge is 2.18. The van der Waals surface area contributed by atoms with E-state index in [-0.39, 0.29) is 11.5 Å². The molecule has 2 rings (SSSR count). The standard InChI is InChI=1S/C12H12N4O3S2/c1-3-13-11-14-15-12(21-11)20-10-5-4-8(7(2)17)6-9(10)16(18)19/h4-6H,3H2,1-2H3,(H,13,14). The Morgan fingerprint density at radius 2 is 2.24 bits per heavy atom. The zero-order valence-electron chi connectivity index (χ0n) is 11.3. The lowest BCUT2D eigenvalue weighted by atomic mass is 10.1. The maximum absolute atomic E-state index is 11.3. The second kappa shape index (κ2) is 6.64. The molecule has 0 saturated carbocycles. The van der Waals surface area contributed by atoms with Crippen LogP contribution in [0.25, 0.3) is 0 Å². The highest BCUT2D eigenvalue weighted by molar-refractivity contribution is 8.01. The molecule has 1 heterocycles. The van der Waals surface area contributed by atoms with Crippen molar-refractivity contribution in [2.24, 2.45) is 0 Å². The van der Waals surface area contributed by atoms with Crippen molar-refractivity contribution in [1.82, 2.24) is 10.2 Å². The van der Waals surface area contributed by atoms with Crippen LogP contribution in [0.2, 0.25) is 0 Å². The second-order valence-electron chi connectivity index (χ2n) is 4.00. The Morgan fingerprint density at radius 3 is 2.86 bits per heavy atom. The van der Waals surface area contributed by atoms with Crippen molar-refractivity contribution in [3.05, 3.63) is 33.9 Å². The van der Waals surface area contributed by atoms with E-state index in [1.807, 2.05) is 6.92 Å². The first-order valence-corrected chi connectivity index (χ1v) is 7.69. The molecule has 0 bridgehead atoms. The highest BCUT2D eigenvalue weighted by atomic mass is 32.2. The van der Waals surface area contributed by atoms with Crippen LogP contribution < -0.4 is 5.32 Å². The summed E-state index contributed by atoms with van der Waals surface area (Å²) in [6.45, 7) is 4.05. The van der Waals surface area contributed by atoms with Crippen LogP contribution in [-0.4, -0.2) is 27.4 Å². The number of nitrogens with zero attached hydrogens (tertiary/aromatic N) is 3. The van der Waals surface area contributed by atoms with Gasteiger partial charge in [-0.3, -0.25) is 14.9 Å². The number of nitro benzene ring substituents is 1. The van der Waals surface area contributed by atoms with Gasteiger partial charge in [0.15, 0.2) is 10.1 Å². The topological polar surface area (TPSA) is 98.0 Å². The monoisotopic (exact) mass is 324 g/mol. The number of rotatable bonds is 6. The summed E-state index contributed by atoms with van der Waals surface area (Å²) in [6, 6.07) is 4.43. The molecule has 0 amide bonds. The molecule has 0 saturated heterocycles. The molecular weight excluding hydrogens is 312 g/mol. The molecule has 0 aliphatic carbocycles. The smallest absolute Gasteiger partial charge is 0.284 e. The summed E-state index contributed by atoms with van der Waals surface area (Å²) in [5, 5.41) is 22.7. The van der Waals surface area contributed by atoms with Crippen LogP contribution in [0.4, 0.5) is 10.8 Å². The maximum Gasteiger partial charge on any atom is 0.284 e. The van der Waals surface area contributed by atoms with Gasteiger partial charge < -0.3 is 5.32 Å². The molecule has 0 radical (unpaired) electrons. The predicted octanol–water partition coefficient (Wildman–Crippen LogP) is 3.23. The van der Waals surface area contributed by atoms with E-state index >= 15 is 0 Å². The van der Waals surface area contributed by atoms with Crippen LogP contribution in [0.1, 0.15) is 24.2 Å². The Kier molecular flexibility index (Phi) is 4.86. The number of nitro groups is 1. The van der Waals surface area contributed by atoms with Crippen molar-refractivity contribution in [1.29, 1.82) is 0 Å². The van der Waals surface area contributed by atoms with Gasteiger partial charge in [-0.2, -0.15) is 0 Å². The molecule has 1 aromatic heterocycles. The minimum Gasteiger partial charge on any atom is -0.360 e. The van der Waals surface area contributed by atoms with E-state index in [4.69, 9.17) is 0 Å². The quantitative estimate of drug-likeness (QED) is 0.495. The molecule has 0 aliphatic heterocycles. The lowest BCUT2D eigenvalue weighted by Gasteiger charge is -2.02. The van der Waals surface area contributed by atoms with Crippen molar-refractivity contribution in [2.45, 2.75) is 23.1 Å². The van der Waals surface area contributed by atoms with E-state index in [1.165, 1.54) is 24.3 Å². The summed E-state index contributed by atoms with van der Waals surface area (Å²) >= 11 is 2.48. The Balaban J connectivity index is 2.29. The molecule has 0 atom stereocenters. The average Bonchev–Trinajstić information content (AvgIpc) is 2.86. The molecule has 2 aromatic rings. The van der Waals surface area contributed by atoms with Gasteiger partial charge >= 0.3 is 0 Å². The molecule has 0 aliphatic rings. The molecule has 7 nitrogen and oxygen atoms in total. The molecule has 0 unspecified atom stereocenters. The zero-order chi connectivity index (χ0) is 15.4. The van der Waals surface area contributed by atoms with Crippen molar-refractivity contribution in [3.8, 4) is 0 Å². The van der Waals surface area contributed by atoms with Gasteiger partial charge in [0.05, 0.1) is 9.82 Å². The van der Waals surface area contributed by atoms with Gasteiger partial charge in [-0.1, -0.05) is 11.3 Å². The van der Waals surface area contributed by atoms with Crippen LogP contribution in [0, 0.1) is 10.1 Å². The summed E-state index contributed by atoms with van der Waals surface area (Å²) in [6.07, 6.45) is 0. The Labute approximate surface area is 128 Å². The fourth-order valence-corrected chi connectivity index (χ4v) is 3.39. The van der Waals surface area contributed by atoms with Gasteiger partial charge in [0, 0.05) is 18.2 Å². The lowest BCUT2D eigenvalue weighted by molar-refractivity contribution is -0.387. The molecule has 1 N–H and O–H groups in total. The number of hydrogen-bond acceptors (Lipinski definition) is 8. The number of hydrogen-bond donors (Lipinski definition) is 1. The first-order chi connectivity index (χ1) is 10.0. The molecule has 9 heteroatoms. The Hall–Kier alpha value is -2.00. The summed E-state index contributed by atoms with van der Waals surface area (Å²) in [7, 11) is 0. The van der Waals surface area contributed by atoms with Crippen LogP contribution in [0.15, 0.2) is 27.4 Å². The number of Topliss-reactive ketones (excluding diaryl/α,β-unsaturated/α-hetero) is 1. The fraction of sp³-hybridized carbons (Fsp3) is 0.250. The first kappa shape index (κ1) is 15.4. The minimum absolute atomic E-state index is 0.104. The SMILES string of the molecule is CCNc1nnc(Sc2ccc(C(C)=O)cc2[N+](=O)[O-])s1. The van der Waals surface area contributed by atoms with Crippen molar-refractivity contribution in [2.75, 3.05) is 11.9 Å². The van der Waals surface area contributed by atoms with Gasteiger partial charge in [-0.15, -0.1) is 10.2 Å². The van der Waals surface area contributed by atoms with Crippen LogP contribution in [0.5, 0.6) is 0 Å². The fourth-order valence-electron chi connectivity index (χ4n) is 1.53. The van der Waals surface area contributed by atoms with Crippen molar-refractivity contribution < 1.29 is 9.72 Å². The van der Waals surface area contributed by atoms with Crippen LogP contribution in [-0.2, 0) is 0 Å². The maximum atomic E-state index is 11.3.